The minimum atomic E-state index is 0.456. The second-order valence-corrected chi connectivity index (χ2v) is 7.82. The molecule has 1 heterocycles. The molecule has 0 spiro atoms. The molecule has 5 fully saturated rings. The van der Waals surface area contributed by atoms with Gasteiger partial charge in [-0.2, -0.15) is 0 Å². The minimum Gasteiger partial charge on any atom is -0.381 e. The van der Waals surface area contributed by atoms with Crippen molar-refractivity contribution in [3.05, 3.63) is 0 Å². The predicted octanol–water partition coefficient (Wildman–Crippen LogP) is 2.96. The lowest BCUT2D eigenvalue weighted by molar-refractivity contribution is -0.135. The van der Waals surface area contributed by atoms with Crippen LogP contribution in [0.1, 0.15) is 51.4 Å². The zero-order valence-corrected chi connectivity index (χ0v) is 11.5. The molecule has 1 atom stereocenters. The van der Waals surface area contributed by atoms with Crippen molar-refractivity contribution in [2.24, 2.45) is 34.3 Å². The smallest absolute Gasteiger partial charge is 0.0529 e. The summed E-state index contributed by atoms with van der Waals surface area (Å²) in [4.78, 5) is 0. The van der Waals surface area contributed by atoms with Crippen LogP contribution in [0.3, 0.4) is 0 Å². The fraction of sp³-hybridized carbons (Fsp3) is 1.00. The van der Waals surface area contributed by atoms with Crippen LogP contribution in [0.5, 0.6) is 0 Å². The average Bonchev–Trinajstić information content (AvgIpc) is 2.78. The Morgan fingerprint density at radius 3 is 2.06 bits per heavy atom. The summed E-state index contributed by atoms with van der Waals surface area (Å²) in [6.07, 6.45) is 11.6. The van der Waals surface area contributed by atoms with Gasteiger partial charge in [-0.05, 0) is 81.1 Å². The Morgan fingerprint density at radius 1 is 1.00 bits per heavy atom. The molecular weight excluding hydrogens is 222 g/mol. The van der Waals surface area contributed by atoms with Crippen LogP contribution in [0, 0.1) is 28.6 Å². The van der Waals surface area contributed by atoms with Crippen molar-refractivity contribution in [2.75, 3.05) is 19.8 Å². The van der Waals surface area contributed by atoms with E-state index in [0.717, 1.165) is 37.5 Å². The Labute approximate surface area is 111 Å². The van der Waals surface area contributed by atoms with E-state index in [1.54, 1.807) is 0 Å². The highest BCUT2D eigenvalue weighted by Crippen LogP contribution is 2.68. The van der Waals surface area contributed by atoms with Crippen LogP contribution in [0.25, 0.3) is 0 Å². The summed E-state index contributed by atoms with van der Waals surface area (Å²) < 4.78 is 5.85. The molecule has 5 rings (SSSR count). The first-order valence-corrected chi connectivity index (χ1v) is 8.03. The molecule has 4 saturated carbocycles. The standard InChI is InChI=1S/C16H27NO/c17-3-1-15(2-4-18-11-15)16-8-12-5-13(9-16)7-14(6-12)10-16/h12-14H,1-11,17H2. The van der Waals surface area contributed by atoms with Gasteiger partial charge in [0.15, 0.2) is 0 Å². The van der Waals surface area contributed by atoms with Crippen molar-refractivity contribution >= 4 is 0 Å². The second-order valence-electron chi connectivity index (χ2n) is 7.82. The first kappa shape index (κ1) is 11.7. The van der Waals surface area contributed by atoms with Gasteiger partial charge in [-0.1, -0.05) is 0 Å². The zero-order valence-electron chi connectivity index (χ0n) is 11.5. The maximum atomic E-state index is 5.96. The van der Waals surface area contributed by atoms with Gasteiger partial charge in [0.05, 0.1) is 6.61 Å². The van der Waals surface area contributed by atoms with Crippen LogP contribution in [0.4, 0.5) is 0 Å². The molecular formula is C16H27NO. The molecule has 0 aromatic carbocycles. The predicted molar refractivity (Wildman–Crippen MR) is 72.1 cm³/mol. The normalized spacial score (nSPS) is 54.2. The van der Waals surface area contributed by atoms with Crippen molar-refractivity contribution in [2.45, 2.75) is 51.4 Å². The van der Waals surface area contributed by atoms with Gasteiger partial charge in [-0.3, -0.25) is 0 Å². The third-order valence-electron chi connectivity index (χ3n) is 6.89. The lowest BCUT2D eigenvalue weighted by atomic mass is 9.42. The highest BCUT2D eigenvalue weighted by Gasteiger charge is 2.60. The van der Waals surface area contributed by atoms with Crippen LogP contribution in [-0.4, -0.2) is 19.8 Å². The Morgan fingerprint density at radius 2 is 1.61 bits per heavy atom. The highest BCUT2D eigenvalue weighted by atomic mass is 16.5. The van der Waals surface area contributed by atoms with Gasteiger partial charge >= 0.3 is 0 Å². The molecule has 2 nitrogen and oxygen atoms in total. The summed E-state index contributed by atoms with van der Waals surface area (Å²) in [5, 5.41) is 0. The van der Waals surface area contributed by atoms with Gasteiger partial charge < -0.3 is 10.5 Å². The van der Waals surface area contributed by atoms with Gasteiger partial charge in [0.25, 0.3) is 0 Å². The van der Waals surface area contributed by atoms with E-state index in [0.29, 0.717) is 10.8 Å². The van der Waals surface area contributed by atoms with E-state index in [1.807, 2.05) is 0 Å². The Hall–Kier alpha value is -0.0800. The van der Waals surface area contributed by atoms with Crippen molar-refractivity contribution < 1.29 is 4.74 Å². The first-order valence-electron chi connectivity index (χ1n) is 8.03. The van der Waals surface area contributed by atoms with Gasteiger partial charge in [0.2, 0.25) is 0 Å². The fourth-order valence-corrected chi connectivity index (χ4v) is 6.52. The molecule has 1 aliphatic heterocycles. The van der Waals surface area contributed by atoms with Crippen LogP contribution in [-0.2, 0) is 4.74 Å². The number of ether oxygens (including phenoxy) is 1. The fourth-order valence-electron chi connectivity index (χ4n) is 6.52. The molecule has 0 amide bonds. The molecule has 5 aliphatic rings. The summed E-state index contributed by atoms with van der Waals surface area (Å²) in [6, 6.07) is 0. The molecule has 102 valence electrons. The van der Waals surface area contributed by atoms with Crippen molar-refractivity contribution in [3.8, 4) is 0 Å². The van der Waals surface area contributed by atoms with Crippen LogP contribution in [0.2, 0.25) is 0 Å². The Bertz CT molecular complexity index is 297. The largest absolute Gasteiger partial charge is 0.381 e. The second kappa shape index (κ2) is 3.96. The maximum absolute atomic E-state index is 5.96. The van der Waals surface area contributed by atoms with Gasteiger partial charge in [0, 0.05) is 12.0 Å². The van der Waals surface area contributed by atoms with Crippen LogP contribution in [0.15, 0.2) is 0 Å². The van der Waals surface area contributed by atoms with Gasteiger partial charge in [0.1, 0.15) is 0 Å². The van der Waals surface area contributed by atoms with E-state index in [9.17, 15) is 0 Å². The molecule has 0 aromatic rings. The SMILES string of the molecule is NCCC1(C23CC4CC(CC(C4)C2)C3)CCOC1. The highest BCUT2D eigenvalue weighted by molar-refractivity contribution is 5.10. The van der Waals surface area contributed by atoms with E-state index in [4.69, 9.17) is 10.5 Å². The van der Waals surface area contributed by atoms with Gasteiger partial charge in [-0.25, -0.2) is 0 Å². The summed E-state index contributed by atoms with van der Waals surface area (Å²) in [5.41, 5.74) is 7.04. The van der Waals surface area contributed by atoms with Crippen molar-refractivity contribution in [1.29, 1.82) is 0 Å². The Balaban J connectivity index is 1.69. The van der Waals surface area contributed by atoms with Crippen molar-refractivity contribution in [3.63, 3.8) is 0 Å². The maximum Gasteiger partial charge on any atom is 0.0529 e. The topological polar surface area (TPSA) is 35.2 Å². The van der Waals surface area contributed by atoms with E-state index < -0.39 is 0 Å². The lowest BCUT2D eigenvalue weighted by Crippen LogP contribution is -2.55. The Kier molecular flexibility index (Phi) is 2.58. The molecule has 18 heavy (non-hydrogen) atoms. The van der Waals surface area contributed by atoms with Crippen molar-refractivity contribution in [1.82, 2.24) is 0 Å². The average molecular weight is 249 g/mol. The van der Waals surface area contributed by atoms with Crippen LogP contribution < -0.4 is 5.73 Å². The molecule has 1 saturated heterocycles. The van der Waals surface area contributed by atoms with Gasteiger partial charge in [-0.15, -0.1) is 0 Å². The molecule has 2 heteroatoms. The number of hydrogen-bond acceptors (Lipinski definition) is 2. The number of hydrogen-bond donors (Lipinski definition) is 1. The lowest BCUT2D eigenvalue weighted by Gasteiger charge is -2.63. The van der Waals surface area contributed by atoms with E-state index in [2.05, 4.69) is 0 Å². The molecule has 2 N–H and O–H groups in total. The van der Waals surface area contributed by atoms with E-state index >= 15 is 0 Å². The summed E-state index contributed by atoms with van der Waals surface area (Å²) in [7, 11) is 0. The number of nitrogens with two attached hydrogens (primary N) is 1. The molecule has 0 aromatic heterocycles. The third-order valence-corrected chi connectivity index (χ3v) is 6.89. The summed E-state index contributed by atoms with van der Waals surface area (Å²) >= 11 is 0. The van der Waals surface area contributed by atoms with E-state index in [-0.39, 0.29) is 0 Å². The number of rotatable bonds is 3. The van der Waals surface area contributed by atoms with E-state index in [1.165, 1.54) is 51.4 Å². The zero-order chi connectivity index (χ0) is 12.2. The third kappa shape index (κ3) is 1.48. The molecule has 4 aliphatic carbocycles. The summed E-state index contributed by atoms with van der Waals surface area (Å²) in [6.45, 7) is 2.85. The van der Waals surface area contributed by atoms with Crippen LogP contribution >= 0.6 is 0 Å². The molecule has 0 radical (unpaired) electrons. The first-order chi connectivity index (χ1) is 8.75. The molecule has 1 unspecified atom stereocenters. The summed E-state index contributed by atoms with van der Waals surface area (Å²) in [5.74, 6) is 3.14. The monoisotopic (exact) mass is 249 g/mol. The minimum absolute atomic E-state index is 0.456. The quantitative estimate of drug-likeness (QED) is 0.834. The molecule has 4 bridgehead atoms.